The minimum atomic E-state index is -3.84. The van der Waals surface area contributed by atoms with Gasteiger partial charge in [-0.15, -0.1) is 0 Å². The van der Waals surface area contributed by atoms with Crippen molar-refractivity contribution in [1.82, 2.24) is 0 Å². The highest BCUT2D eigenvalue weighted by Gasteiger charge is 2.16. The van der Waals surface area contributed by atoms with E-state index in [0.29, 0.717) is 0 Å². The maximum absolute atomic E-state index is 12.2. The van der Waals surface area contributed by atoms with E-state index in [1.807, 2.05) is 0 Å². The van der Waals surface area contributed by atoms with Crippen LogP contribution in [0.1, 0.15) is 10.4 Å². The second-order valence-corrected chi connectivity index (χ2v) is 6.62. The summed E-state index contributed by atoms with van der Waals surface area (Å²) in [5.74, 6) is -0.648. The Morgan fingerprint density at radius 1 is 1.05 bits per heavy atom. The minimum absolute atomic E-state index is 0.0404. The maximum Gasteiger partial charge on any atom is 0.261 e. The van der Waals surface area contributed by atoms with Crippen LogP contribution in [0.3, 0.4) is 0 Å². The van der Waals surface area contributed by atoms with Crippen molar-refractivity contribution in [3.63, 3.8) is 0 Å². The van der Waals surface area contributed by atoms with Gasteiger partial charge in [-0.3, -0.25) is 9.52 Å². The number of sulfonamides is 1. The number of amides is 1. The molecular weight excluding hydrogens is 335 g/mol. The number of primary amides is 1. The number of rotatable bonds is 4. The van der Waals surface area contributed by atoms with Crippen LogP contribution in [0.15, 0.2) is 47.4 Å². The normalized spacial score (nSPS) is 11.1. The van der Waals surface area contributed by atoms with Crippen molar-refractivity contribution in [1.29, 1.82) is 0 Å². The van der Waals surface area contributed by atoms with Gasteiger partial charge in [-0.25, -0.2) is 8.42 Å². The Kier molecular flexibility index (Phi) is 4.41. The van der Waals surface area contributed by atoms with Gasteiger partial charge in [0.25, 0.3) is 10.0 Å². The highest BCUT2D eigenvalue weighted by molar-refractivity contribution is 7.92. The molecule has 0 bridgehead atoms. The van der Waals surface area contributed by atoms with Crippen LogP contribution in [0.25, 0.3) is 0 Å². The molecule has 0 aliphatic rings. The Balaban J connectivity index is 2.35. The summed E-state index contributed by atoms with van der Waals surface area (Å²) in [7, 11) is -3.84. The van der Waals surface area contributed by atoms with Gasteiger partial charge in [-0.2, -0.15) is 0 Å². The van der Waals surface area contributed by atoms with E-state index in [4.69, 9.17) is 28.9 Å². The summed E-state index contributed by atoms with van der Waals surface area (Å²) in [6.07, 6.45) is 0. The second-order valence-electron chi connectivity index (χ2n) is 4.13. The zero-order valence-corrected chi connectivity index (χ0v) is 12.8. The van der Waals surface area contributed by atoms with E-state index < -0.39 is 15.9 Å². The largest absolute Gasteiger partial charge is 0.366 e. The molecule has 0 radical (unpaired) electrons. The van der Waals surface area contributed by atoms with Crippen LogP contribution in [-0.2, 0) is 10.0 Å². The fourth-order valence-corrected chi connectivity index (χ4v) is 3.03. The van der Waals surface area contributed by atoms with E-state index in [9.17, 15) is 13.2 Å². The predicted molar refractivity (Wildman–Crippen MR) is 82.2 cm³/mol. The molecule has 21 heavy (non-hydrogen) atoms. The van der Waals surface area contributed by atoms with E-state index in [2.05, 4.69) is 4.72 Å². The van der Waals surface area contributed by atoms with Crippen molar-refractivity contribution in [3.8, 4) is 0 Å². The average Bonchev–Trinajstić information content (AvgIpc) is 2.41. The fraction of sp³-hybridized carbons (Fsp3) is 0. The van der Waals surface area contributed by atoms with Gasteiger partial charge in [0.05, 0.1) is 14.9 Å². The van der Waals surface area contributed by atoms with E-state index in [-0.39, 0.29) is 26.2 Å². The molecule has 8 heteroatoms. The molecule has 0 saturated heterocycles. The third-order valence-corrected chi connectivity index (χ3v) is 4.72. The molecule has 110 valence electrons. The molecule has 2 aromatic carbocycles. The summed E-state index contributed by atoms with van der Waals surface area (Å²) < 4.78 is 26.8. The van der Waals surface area contributed by atoms with E-state index in [1.165, 1.54) is 42.5 Å². The Bertz CT molecular complexity index is 807. The summed E-state index contributed by atoms with van der Waals surface area (Å²) in [6.45, 7) is 0. The Labute approximate surface area is 131 Å². The van der Waals surface area contributed by atoms with Gasteiger partial charge in [0.15, 0.2) is 0 Å². The van der Waals surface area contributed by atoms with Crippen LogP contribution in [0.4, 0.5) is 5.69 Å². The number of benzene rings is 2. The van der Waals surface area contributed by atoms with Crippen molar-refractivity contribution in [2.45, 2.75) is 4.90 Å². The SMILES string of the molecule is NC(=O)c1cccc(NS(=O)(=O)c2ccc(Cl)c(Cl)c2)c1. The monoisotopic (exact) mass is 344 g/mol. The average molecular weight is 345 g/mol. The van der Waals surface area contributed by atoms with Crippen LogP contribution in [0.5, 0.6) is 0 Å². The zero-order valence-electron chi connectivity index (χ0n) is 10.5. The van der Waals surface area contributed by atoms with Crippen molar-refractivity contribution in [3.05, 3.63) is 58.1 Å². The number of nitrogens with two attached hydrogens (primary N) is 1. The first-order valence-corrected chi connectivity index (χ1v) is 7.91. The molecule has 0 spiro atoms. The Hall–Kier alpha value is -1.76. The van der Waals surface area contributed by atoms with Gasteiger partial charge in [0, 0.05) is 11.3 Å². The number of hydrogen-bond donors (Lipinski definition) is 2. The lowest BCUT2D eigenvalue weighted by Gasteiger charge is -2.09. The van der Waals surface area contributed by atoms with Crippen molar-refractivity contribution >= 4 is 44.8 Å². The van der Waals surface area contributed by atoms with Crippen LogP contribution in [0, 0.1) is 0 Å². The predicted octanol–water partition coefficient (Wildman–Crippen LogP) is 2.89. The number of anilines is 1. The lowest BCUT2D eigenvalue weighted by molar-refractivity contribution is 0.100. The number of carbonyl (C=O) groups excluding carboxylic acids is 1. The molecule has 0 aliphatic heterocycles. The summed E-state index contributed by atoms with van der Waals surface area (Å²) in [4.78, 5) is 11.0. The summed E-state index contributed by atoms with van der Waals surface area (Å²) >= 11 is 11.6. The second kappa shape index (κ2) is 5.93. The Morgan fingerprint density at radius 3 is 2.38 bits per heavy atom. The van der Waals surface area contributed by atoms with Gasteiger partial charge < -0.3 is 5.73 Å². The van der Waals surface area contributed by atoms with Crippen LogP contribution >= 0.6 is 23.2 Å². The highest BCUT2D eigenvalue weighted by atomic mass is 35.5. The maximum atomic E-state index is 12.2. The first-order chi connectivity index (χ1) is 9.79. The third kappa shape index (κ3) is 3.66. The number of halogens is 2. The molecule has 0 fully saturated rings. The molecule has 2 aromatic rings. The molecule has 0 saturated carbocycles. The first kappa shape index (κ1) is 15.6. The minimum Gasteiger partial charge on any atom is -0.366 e. The van der Waals surface area contributed by atoms with Crippen molar-refractivity contribution in [2.24, 2.45) is 5.73 Å². The van der Waals surface area contributed by atoms with Crippen LogP contribution in [0.2, 0.25) is 10.0 Å². The quantitative estimate of drug-likeness (QED) is 0.893. The summed E-state index contributed by atoms with van der Waals surface area (Å²) in [6, 6.07) is 9.81. The highest BCUT2D eigenvalue weighted by Crippen LogP contribution is 2.26. The lowest BCUT2D eigenvalue weighted by atomic mass is 10.2. The summed E-state index contributed by atoms with van der Waals surface area (Å²) in [5.41, 5.74) is 5.56. The Morgan fingerprint density at radius 2 is 1.76 bits per heavy atom. The molecule has 0 unspecified atom stereocenters. The standard InChI is InChI=1S/C13H10Cl2N2O3S/c14-11-5-4-10(7-12(11)15)21(19,20)17-9-3-1-2-8(6-9)13(16)18/h1-7,17H,(H2,16,18). The van der Waals surface area contributed by atoms with Crippen LogP contribution < -0.4 is 10.5 Å². The van der Waals surface area contributed by atoms with E-state index >= 15 is 0 Å². The molecular formula is C13H10Cl2N2O3S. The molecule has 0 aromatic heterocycles. The van der Waals surface area contributed by atoms with E-state index in [0.717, 1.165) is 0 Å². The molecule has 2 rings (SSSR count). The lowest BCUT2D eigenvalue weighted by Crippen LogP contribution is -2.15. The van der Waals surface area contributed by atoms with Gasteiger partial charge in [0.1, 0.15) is 0 Å². The fourth-order valence-electron chi connectivity index (χ4n) is 1.59. The van der Waals surface area contributed by atoms with E-state index in [1.54, 1.807) is 0 Å². The first-order valence-electron chi connectivity index (χ1n) is 5.67. The molecule has 3 N–H and O–H groups in total. The molecule has 0 atom stereocenters. The van der Waals surface area contributed by atoms with Crippen molar-refractivity contribution < 1.29 is 13.2 Å². The van der Waals surface area contributed by atoms with Crippen LogP contribution in [-0.4, -0.2) is 14.3 Å². The van der Waals surface area contributed by atoms with Crippen molar-refractivity contribution in [2.75, 3.05) is 4.72 Å². The van der Waals surface area contributed by atoms with Gasteiger partial charge in [-0.1, -0.05) is 29.3 Å². The van der Waals surface area contributed by atoms with Gasteiger partial charge in [0.2, 0.25) is 5.91 Å². The number of nitrogens with one attached hydrogen (secondary N) is 1. The third-order valence-electron chi connectivity index (χ3n) is 2.60. The molecule has 5 nitrogen and oxygen atoms in total. The molecule has 1 amide bonds. The summed E-state index contributed by atoms with van der Waals surface area (Å²) in [5, 5.41) is 0.386. The van der Waals surface area contributed by atoms with Gasteiger partial charge in [-0.05, 0) is 36.4 Å². The smallest absolute Gasteiger partial charge is 0.261 e. The molecule has 0 heterocycles. The topological polar surface area (TPSA) is 89.3 Å². The number of hydrogen-bond acceptors (Lipinski definition) is 3. The molecule has 0 aliphatic carbocycles. The number of carbonyl (C=O) groups is 1. The van der Waals surface area contributed by atoms with Gasteiger partial charge >= 0.3 is 0 Å². The zero-order chi connectivity index (χ0) is 15.6.